The minimum Gasteiger partial charge on any atom is -0.396 e. The molecule has 16 heteroatoms. The summed E-state index contributed by atoms with van der Waals surface area (Å²) in [6, 6.07) is -1.87. The van der Waals surface area contributed by atoms with E-state index in [-0.39, 0.29) is 87.4 Å². The molecule has 4 N–H and O–H groups in total. The standard InChI is InChI=1S/C61H107N4O11P/c1-18-43(64(15)56(70)52(37(2)3)62-55(69)53(38(4)5)63(13)14)46(74-16)35-50(68)65-34-20-22-44(65)54(75-17)40(7)45(67)23-19-21-39(6)41-26-31-61(36-66)33-32-59(11)42(51(41)61)24-25-48-58(10)29-28-49(76-77(71,72)73)57(8,9)47(58)27-30-60(48,59)12/h37-38,40-44,46-49,51-54,66H,6,18-36H2,1-5,7-17H3,(H,62,69)(H2,71,72,73)/t40-,41-,42?,43-,44?,46+,47-,48?,49-,51+,52-,53-,54+,58-,59+,60+,61+/m0/s1. The molecular weight excluding hydrogens is 996 g/mol. The van der Waals surface area contributed by atoms with E-state index in [2.05, 4.69) is 39.9 Å². The number of nitrogens with one attached hydrogen (secondary N) is 1. The molecule has 3 amide bonds. The minimum atomic E-state index is -4.63. The third kappa shape index (κ3) is 12.2. The Balaban J connectivity index is 1.08. The lowest BCUT2D eigenvalue weighted by Crippen LogP contribution is -2.66. The molecule has 6 aliphatic rings. The van der Waals surface area contributed by atoms with Crippen molar-refractivity contribution in [2.45, 2.75) is 228 Å². The van der Waals surface area contributed by atoms with Gasteiger partial charge in [0.1, 0.15) is 11.8 Å². The Morgan fingerprint density at radius 3 is 2.06 bits per heavy atom. The second-order valence-corrected chi connectivity index (χ2v) is 29.0. The molecule has 0 spiro atoms. The first-order valence-electron chi connectivity index (χ1n) is 30.0. The Bertz CT molecular complexity index is 2140. The molecule has 0 aromatic heterocycles. The highest BCUT2D eigenvalue weighted by atomic mass is 31.2. The van der Waals surface area contributed by atoms with Gasteiger partial charge in [-0.2, -0.15) is 0 Å². The first-order chi connectivity index (χ1) is 35.9. The van der Waals surface area contributed by atoms with Gasteiger partial charge in [0.25, 0.3) is 0 Å². The number of fused-ring (bicyclic) bond motifs is 7. The van der Waals surface area contributed by atoms with Crippen molar-refractivity contribution in [1.82, 2.24) is 20.0 Å². The molecule has 1 saturated heterocycles. The predicted molar refractivity (Wildman–Crippen MR) is 302 cm³/mol. The lowest BCUT2D eigenvalue weighted by atomic mass is 9.32. The Morgan fingerprint density at radius 1 is 0.818 bits per heavy atom. The number of carbonyl (C=O) groups is 4. The molecule has 77 heavy (non-hydrogen) atoms. The van der Waals surface area contributed by atoms with Gasteiger partial charge in [-0.25, -0.2) is 4.57 Å². The highest BCUT2D eigenvalue weighted by Gasteiger charge is 2.71. The number of hydrogen-bond donors (Lipinski definition) is 4. The molecule has 6 rings (SSSR count). The molecule has 3 unspecified atom stereocenters. The van der Waals surface area contributed by atoms with E-state index >= 15 is 0 Å². The van der Waals surface area contributed by atoms with Gasteiger partial charge < -0.3 is 39.5 Å². The zero-order valence-corrected chi connectivity index (χ0v) is 51.6. The molecular formula is C61H107N4O11P. The summed E-state index contributed by atoms with van der Waals surface area (Å²) in [5, 5.41) is 14.4. The van der Waals surface area contributed by atoms with Crippen molar-refractivity contribution < 1.29 is 52.6 Å². The van der Waals surface area contributed by atoms with Crippen molar-refractivity contribution in [1.29, 1.82) is 0 Å². The third-order valence-corrected chi connectivity index (χ3v) is 23.4. The number of phosphoric ester groups is 1. The van der Waals surface area contributed by atoms with Gasteiger partial charge in [0.2, 0.25) is 17.7 Å². The van der Waals surface area contributed by atoms with Crippen LogP contribution < -0.4 is 5.32 Å². The second-order valence-electron chi connectivity index (χ2n) is 27.9. The molecule has 15 nitrogen and oxygen atoms in total. The lowest BCUT2D eigenvalue weighted by Gasteiger charge is -2.73. The van der Waals surface area contributed by atoms with Crippen molar-refractivity contribution in [3.63, 3.8) is 0 Å². The number of phosphoric acid groups is 1. The van der Waals surface area contributed by atoms with E-state index in [1.807, 2.05) is 65.4 Å². The van der Waals surface area contributed by atoms with Crippen molar-refractivity contribution in [2.75, 3.05) is 48.5 Å². The average molecular weight is 1100 g/mol. The number of likely N-dealkylation sites (N-methyl/N-ethyl adjacent to an activating group) is 2. The summed E-state index contributed by atoms with van der Waals surface area (Å²) in [5.41, 5.74) is 0.867. The molecule has 0 aromatic carbocycles. The van der Waals surface area contributed by atoms with Crippen molar-refractivity contribution in [2.24, 2.45) is 74.4 Å². The van der Waals surface area contributed by atoms with Crippen LogP contribution in [0.2, 0.25) is 0 Å². The number of Topliss-reactive ketones (excluding diaryl/α,β-unsaturated/α-hetero) is 1. The van der Waals surface area contributed by atoms with E-state index in [1.165, 1.54) is 5.57 Å². The van der Waals surface area contributed by atoms with Gasteiger partial charge in [0, 0.05) is 46.8 Å². The predicted octanol–water partition coefficient (Wildman–Crippen LogP) is 9.84. The zero-order chi connectivity index (χ0) is 57.5. The number of rotatable bonds is 24. The zero-order valence-electron chi connectivity index (χ0n) is 50.7. The number of aliphatic hydroxyl groups excluding tert-OH is 1. The number of ether oxygens (including phenoxy) is 2. The Labute approximate surface area is 465 Å². The fourth-order valence-corrected chi connectivity index (χ4v) is 19.4. The number of ketones is 1. The van der Waals surface area contributed by atoms with Gasteiger partial charge in [-0.15, -0.1) is 0 Å². The maximum Gasteiger partial charge on any atom is 0.469 e. The topological polar surface area (TPSA) is 195 Å². The molecule has 442 valence electrons. The SMILES string of the molecule is C=C(CCCC(=O)[C@H](C)[C@@H](OC)C1CCCN1C(=O)C[C@@H](OC)[C@H](CC)N(C)C(=O)[C@@H](NC(=O)[C@H](C(C)C)N(C)C)C(C)C)[C@@H]1CC[C@]2(CO)CC[C@]3(C)C(CCC4[C@@]5(C)CC[C@H](OP(=O)(O)O)C(C)(C)[C@@H]5CC[C@]43C)[C@@H]12. The maximum atomic E-state index is 14.4. The number of nitrogens with zero attached hydrogens (tertiary/aromatic N) is 3. The van der Waals surface area contributed by atoms with Crippen LogP contribution in [0.3, 0.4) is 0 Å². The van der Waals surface area contributed by atoms with Gasteiger partial charge in [0.05, 0.1) is 42.9 Å². The highest BCUT2D eigenvalue weighted by Crippen LogP contribution is 2.78. The molecule has 0 aromatic rings. The van der Waals surface area contributed by atoms with Crippen molar-refractivity contribution in [3.8, 4) is 0 Å². The summed E-state index contributed by atoms with van der Waals surface area (Å²) < 4.78 is 29.8. The normalized spacial score (nSPS) is 35.2. The van der Waals surface area contributed by atoms with Crippen LogP contribution >= 0.6 is 7.82 Å². The van der Waals surface area contributed by atoms with E-state index < -0.39 is 50.2 Å². The van der Waals surface area contributed by atoms with Crippen LogP contribution in [-0.4, -0.2) is 144 Å². The molecule has 17 atom stereocenters. The molecule has 5 aliphatic carbocycles. The third-order valence-electron chi connectivity index (χ3n) is 22.9. The second kappa shape index (κ2) is 24.7. The van der Waals surface area contributed by atoms with Gasteiger partial charge in [-0.3, -0.25) is 28.6 Å². The number of likely N-dealkylation sites (tertiary alicyclic amines) is 1. The van der Waals surface area contributed by atoms with Crippen LogP contribution in [0, 0.1) is 74.4 Å². The molecule has 0 bridgehead atoms. The maximum absolute atomic E-state index is 14.4. The molecule has 1 heterocycles. The van der Waals surface area contributed by atoms with E-state index in [9.17, 15) is 38.6 Å². The number of hydrogen-bond acceptors (Lipinski definition) is 10. The van der Waals surface area contributed by atoms with E-state index in [0.717, 1.165) is 70.6 Å². The molecule has 5 saturated carbocycles. The number of allylic oxidation sites excluding steroid dienone is 1. The Morgan fingerprint density at radius 2 is 1.49 bits per heavy atom. The number of amides is 3. The van der Waals surface area contributed by atoms with Crippen LogP contribution in [0.5, 0.6) is 0 Å². The summed E-state index contributed by atoms with van der Waals surface area (Å²) in [5.74, 6) is 0.831. The van der Waals surface area contributed by atoms with Crippen molar-refractivity contribution >= 4 is 31.3 Å². The smallest absolute Gasteiger partial charge is 0.396 e. The summed E-state index contributed by atoms with van der Waals surface area (Å²) in [4.78, 5) is 81.4. The van der Waals surface area contributed by atoms with Gasteiger partial charge in [-0.05, 0) is 179 Å². The van der Waals surface area contributed by atoms with E-state index in [4.69, 9.17) is 20.6 Å². The summed E-state index contributed by atoms with van der Waals surface area (Å²) in [6.45, 7) is 29.2. The quantitative estimate of drug-likeness (QED) is 0.0529. The summed E-state index contributed by atoms with van der Waals surface area (Å²) >= 11 is 0. The fraction of sp³-hybridized carbons (Fsp3) is 0.902. The van der Waals surface area contributed by atoms with Crippen LogP contribution in [0.15, 0.2) is 12.2 Å². The number of carbonyl (C=O) groups excluding carboxylic acids is 4. The molecule has 0 radical (unpaired) electrons. The van der Waals surface area contributed by atoms with Crippen LogP contribution in [-0.2, 0) is 37.7 Å². The van der Waals surface area contributed by atoms with Crippen LogP contribution in [0.1, 0.15) is 185 Å². The summed E-state index contributed by atoms with van der Waals surface area (Å²) in [6.07, 6.45) is 12.3. The monoisotopic (exact) mass is 1100 g/mol. The summed E-state index contributed by atoms with van der Waals surface area (Å²) in [7, 11) is 4.04. The van der Waals surface area contributed by atoms with Crippen LogP contribution in [0.25, 0.3) is 0 Å². The Hall–Kier alpha value is -2.23. The lowest BCUT2D eigenvalue weighted by molar-refractivity contribution is -0.248. The average Bonchev–Trinajstić information content (AvgIpc) is 4.09. The Kier molecular flexibility index (Phi) is 20.5. The first kappa shape index (κ1) is 63.9. The van der Waals surface area contributed by atoms with Gasteiger partial charge in [-0.1, -0.05) is 88.3 Å². The highest BCUT2D eigenvalue weighted by molar-refractivity contribution is 7.46. The fourth-order valence-electron chi connectivity index (χ4n) is 18.7. The minimum absolute atomic E-state index is 0.0241. The number of aliphatic hydroxyl groups is 1. The van der Waals surface area contributed by atoms with Gasteiger partial charge >= 0.3 is 7.82 Å². The van der Waals surface area contributed by atoms with E-state index in [0.29, 0.717) is 62.3 Å². The first-order valence-corrected chi connectivity index (χ1v) is 31.5. The number of methoxy groups -OCH3 is 2. The van der Waals surface area contributed by atoms with E-state index in [1.54, 1.807) is 26.2 Å². The largest absolute Gasteiger partial charge is 0.469 e. The molecule has 1 aliphatic heterocycles. The van der Waals surface area contributed by atoms with Crippen LogP contribution in [0.4, 0.5) is 0 Å². The van der Waals surface area contributed by atoms with Gasteiger partial charge in [0.15, 0.2) is 0 Å². The van der Waals surface area contributed by atoms with Crippen molar-refractivity contribution in [3.05, 3.63) is 12.2 Å². The molecule has 6 fully saturated rings.